The van der Waals surface area contributed by atoms with E-state index >= 15 is 0 Å². The van der Waals surface area contributed by atoms with Crippen molar-refractivity contribution in [2.24, 2.45) is 5.41 Å². The number of hydrogen-bond donors (Lipinski definition) is 0. The minimum Gasteiger partial charge on any atom is -0.466 e. The van der Waals surface area contributed by atoms with Gasteiger partial charge in [-0.25, -0.2) is 4.79 Å². The molecule has 1 aliphatic carbocycles. The molecular weight excluding hydrogens is 308 g/mol. The molecule has 0 aliphatic heterocycles. The third-order valence-corrected chi connectivity index (χ3v) is 4.57. The van der Waals surface area contributed by atoms with Gasteiger partial charge in [0, 0.05) is 6.08 Å². The molecule has 0 unspecified atom stereocenters. The Labute approximate surface area is 153 Å². The van der Waals surface area contributed by atoms with Gasteiger partial charge < -0.3 is 4.74 Å². The van der Waals surface area contributed by atoms with Crippen molar-refractivity contribution in [3.63, 3.8) is 0 Å². The fraction of sp³-hybridized carbons (Fsp3) is 0.435. The van der Waals surface area contributed by atoms with Gasteiger partial charge in [-0.1, -0.05) is 73.1 Å². The molecule has 0 aromatic rings. The zero-order chi connectivity index (χ0) is 18.9. The Morgan fingerprint density at radius 3 is 2.24 bits per heavy atom. The van der Waals surface area contributed by atoms with E-state index < -0.39 is 0 Å². The van der Waals surface area contributed by atoms with Crippen LogP contribution < -0.4 is 0 Å². The number of rotatable bonds is 6. The van der Waals surface area contributed by atoms with Gasteiger partial charge in [0.2, 0.25) is 0 Å². The minimum atomic E-state index is -0.343. The molecule has 0 aromatic carbocycles. The van der Waals surface area contributed by atoms with Crippen LogP contribution in [0.3, 0.4) is 0 Å². The number of carbonyl (C=O) groups excluding carboxylic acids is 1. The predicted octanol–water partition coefficient (Wildman–Crippen LogP) is 6.25. The third kappa shape index (κ3) is 7.55. The smallest absolute Gasteiger partial charge is 0.330 e. The highest BCUT2D eigenvalue weighted by Gasteiger charge is 2.26. The van der Waals surface area contributed by atoms with E-state index in [9.17, 15) is 4.79 Å². The number of methoxy groups -OCH3 is 1. The van der Waals surface area contributed by atoms with Crippen molar-refractivity contribution in [1.29, 1.82) is 0 Å². The Kier molecular flexibility index (Phi) is 8.40. The summed E-state index contributed by atoms with van der Waals surface area (Å²) in [5.41, 5.74) is 5.57. The van der Waals surface area contributed by atoms with Crippen LogP contribution in [-0.4, -0.2) is 13.1 Å². The number of allylic oxidation sites excluding steroid dienone is 11. The molecule has 2 heteroatoms. The molecule has 0 heterocycles. The zero-order valence-electron chi connectivity index (χ0n) is 16.6. The Hall–Kier alpha value is -2.09. The summed E-state index contributed by atoms with van der Waals surface area (Å²) in [6.07, 6.45) is 19.4. The molecule has 1 aliphatic rings. The minimum absolute atomic E-state index is 0.278. The first-order valence-corrected chi connectivity index (χ1v) is 8.92. The van der Waals surface area contributed by atoms with Crippen molar-refractivity contribution >= 4 is 5.97 Å². The number of ether oxygens (including phenoxy) is 1. The van der Waals surface area contributed by atoms with Gasteiger partial charge in [0.05, 0.1) is 7.11 Å². The lowest BCUT2D eigenvalue weighted by Gasteiger charge is -2.32. The molecule has 0 radical (unpaired) electrons. The standard InChI is InChI=1S/C23H32O2/c1-18(12-8-14-22(24)25-6)10-7-11-19(2)15-16-21-20(3)13-9-17-23(21,4)5/h7-8,10-12,14-16H,9,13,17H2,1-6H3/b10-7+,14-8+,16-15+,18-12+,19-11+. The summed E-state index contributed by atoms with van der Waals surface area (Å²) in [7, 11) is 1.37. The van der Waals surface area contributed by atoms with Gasteiger partial charge >= 0.3 is 5.97 Å². The molecular formula is C23H32O2. The molecule has 0 fully saturated rings. The Balaban J connectivity index is 2.71. The molecule has 0 spiro atoms. The predicted molar refractivity (Wildman–Crippen MR) is 107 cm³/mol. The molecule has 25 heavy (non-hydrogen) atoms. The van der Waals surface area contributed by atoms with Crippen LogP contribution in [0, 0.1) is 5.41 Å². The second-order valence-electron chi connectivity index (χ2n) is 7.33. The molecule has 0 bridgehead atoms. The van der Waals surface area contributed by atoms with Crippen molar-refractivity contribution in [1.82, 2.24) is 0 Å². The zero-order valence-corrected chi connectivity index (χ0v) is 16.6. The van der Waals surface area contributed by atoms with Gasteiger partial charge in [0.25, 0.3) is 0 Å². The van der Waals surface area contributed by atoms with Gasteiger partial charge in [-0.05, 0) is 51.0 Å². The van der Waals surface area contributed by atoms with Crippen molar-refractivity contribution in [2.75, 3.05) is 7.11 Å². The number of carbonyl (C=O) groups is 1. The van der Waals surface area contributed by atoms with Crippen LogP contribution in [0.1, 0.15) is 53.9 Å². The maximum atomic E-state index is 11.0. The van der Waals surface area contributed by atoms with Crippen LogP contribution in [0.25, 0.3) is 0 Å². The van der Waals surface area contributed by atoms with Gasteiger partial charge in [-0.3, -0.25) is 0 Å². The topological polar surface area (TPSA) is 26.3 Å². The van der Waals surface area contributed by atoms with Crippen LogP contribution in [0.4, 0.5) is 0 Å². The van der Waals surface area contributed by atoms with Crippen LogP contribution in [0.15, 0.2) is 70.9 Å². The van der Waals surface area contributed by atoms with Gasteiger partial charge in [-0.15, -0.1) is 0 Å². The average Bonchev–Trinajstić information content (AvgIpc) is 2.53. The molecule has 0 aromatic heterocycles. The van der Waals surface area contributed by atoms with Crippen molar-refractivity contribution in [2.45, 2.75) is 53.9 Å². The second-order valence-corrected chi connectivity index (χ2v) is 7.33. The first-order valence-electron chi connectivity index (χ1n) is 8.92. The molecule has 1 rings (SSSR count). The Bertz CT molecular complexity index is 650. The Morgan fingerprint density at radius 1 is 1.04 bits per heavy atom. The highest BCUT2D eigenvalue weighted by atomic mass is 16.5. The molecule has 0 atom stereocenters. The monoisotopic (exact) mass is 340 g/mol. The SMILES string of the molecule is COC(=O)/C=C/C=C(C)/C=C/C=C(C)/C=C/C1=C(C)CCCC1(C)C. The van der Waals surface area contributed by atoms with Crippen LogP contribution in [-0.2, 0) is 9.53 Å². The number of hydrogen-bond acceptors (Lipinski definition) is 2. The summed E-state index contributed by atoms with van der Waals surface area (Å²) in [6, 6.07) is 0. The summed E-state index contributed by atoms with van der Waals surface area (Å²) in [4.78, 5) is 11.0. The first kappa shape index (κ1) is 21.0. The van der Waals surface area contributed by atoms with Crippen LogP contribution >= 0.6 is 0 Å². The Morgan fingerprint density at radius 2 is 1.64 bits per heavy atom. The van der Waals surface area contributed by atoms with E-state index in [2.05, 4.69) is 50.7 Å². The maximum absolute atomic E-state index is 11.0. The van der Waals surface area contributed by atoms with E-state index in [4.69, 9.17) is 0 Å². The fourth-order valence-corrected chi connectivity index (χ4v) is 3.03. The lowest BCUT2D eigenvalue weighted by atomic mass is 9.72. The molecule has 2 nitrogen and oxygen atoms in total. The fourth-order valence-electron chi connectivity index (χ4n) is 3.03. The van der Waals surface area contributed by atoms with E-state index in [1.807, 2.05) is 25.2 Å². The summed E-state index contributed by atoms with van der Waals surface area (Å²) < 4.78 is 4.55. The first-order chi connectivity index (χ1) is 11.8. The largest absolute Gasteiger partial charge is 0.466 e. The summed E-state index contributed by atoms with van der Waals surface area (Å²) in [6.45, 7) is 11.0. The normalized spacial score (nSPS) is 19.4. The molecule has 136 valence electrons. The van der Waals surface area contributed by atoms with Crippen molar-refractivity contribution in [3.8, 4) is 0 Å². The van der Waals surface area contributed by atoms with Gasteiger partial charge in [-0.2, -0.15) is 0 Å². The van der Waals surface area contributed by atoms with E-state index in [1.165, 1.54) is 49.2 Å². The highest BCUT2D eigenvalue weighted by Crippen LogP contribution is 2.40. The van der Waals surface area contributed by atoms with E-state index in [-0.39, 0.29) is 11.4 Å². The second kappa shape index (κ2) is 10.0. The number of esters is 1. The third-order valence-electron chi connectivity index (χ3n) is 4.57. The molecule has 0 amide bonds. The van der Waals surface area contributed by atoms with Crippen LogP contribution in [0.2, 0.25) is 0 Å². The van der Waals surface area contributed by atoms with Crippen molar-refractivity contribution < 1.29 is 9.53 Å². The lowest BCUT2D eigenvalue weighted by Crippen LogP contribution is -2.19. The molecule has 0 N–H and O–H groups in total. The average molecular weight is 341 g/mol. The van der Waals surface area contributed by atoms with Crippen LogP contribution in [0.5, 0.6) is 0 Å². The lowest BCUT2D eigenvalue weighted by molar-refractivity contribution is -0.134. The van der Waals surface area contributed by atoms with E-state index in [1.54, 1.807) is 6.08 Å². The quantitative estimate of drug-likeness (QED) is 0.325. The van der Waals surface area contributed by atoms with Crippen molar-refractivity contribution in [3.05, 3.63) is 70.9 Å². The summed E-state index contributed by atoms with van der Waals surface area (Å²) in [5.74, 6) is -0.343. The molecule has 0 saturated carbocycles. The van der Waals surface area contributed by atoms with Gasteiger partial charge in [0.1, 0.15) is 0 Å². The maximum Gasteiger partial charge on any atom is 0.330 e. The van der Waals surface area contributed by atoms with Gasteiger partial charge in [0.15, 0.2) is 0 Å². The molecule has 0 saturated heterocycles. The van der Waals surface area contributed by atoms with E-state index in [0.29, 0.717) is 0 Å². The highest BCUT2D eigenvalue weighted by molar-refractivity contribution is 5.82. The summed E-state index contributed by atoms with van der Waals surface area (Å²) >= 11 is 0. The van der Waals surface area contributed by atoms with E-state index in [0.717, 1.165) is 5.57 Å². The summed E-state index contributed by atoms with van der Waals surface area (Å²) in [5, 5.41) is 0.